The number of benzene rings is 2. The molecule has 3 aromatic rings. The number of imidazole rings is 1. The van der Waals surface area contributed by atoms with Crippen molar-refractivity contribution < 1.29 is 10.0 Å². The molecule has 0 spiro atoms. The van der Waals surface area contributed by atoms with Gasteiger partial charge in [-0.3, -0.25) is 10.0 Å². The van der Waals surface area contributed by atoms with Crippen molar-refractivity contribution in [3.8, 4) is 0 Å². The van der Waals surface area contributed by atoms with Gasteiger partial charge in [0.2, 0.25) is 0 Å². The summed E-state index contributed by atoms with van der Waals surface area (Å²) in [7, 11) is 4.20. The zero-order valence-electron chi connectivity index (χ0n) is 19.6. The molecule has 2 aromatic carbocycles. The third-order valence-corrected chi connectivity index (χ3v) is 5.20. The van der Waals surface area contributed by atoms with Gasteiger partial charge in [0.1, 0.15) is 5.82 Å². The molecule has 0 saturated carbocycles. The number of carbonyl (C=O) groups is 1. The van der Waals surface area contributed by atoms with Crippen molar-refractivity contribution in [1.82, 2.24) is 19.9 Å². The number of fused-ring (bicyclic) bond motifs is 1. The van der Waals surface area contributed by atoms with Crippen LogP contribution in [0.15, 0.2) is 54.6 Å². The predicted molar refractivity (Wildman–Crippen MR) is 139 cm³/mol. The Labute approximate surface area is 208 Å². The zero-order chi connectivity index (χ0) is 22.4. The minimum atomic E-state index is -0.556. The number of aryl methyl sites for hydroxylation is 2. The average molecular weight is 493 g/mol. The molecule has 0 aliphatic rings. The molecule has 0 unspecified atom stereocenters. The van der Waals surface area contributed by atoms with Crippen LogP contribution in [0.2, 0.25) is 0 Å². The van der Waals surface area contributed by atoms with Crippen molar-refractivity contribution in [2.24, 2.45) is 5.41 Å². The molecule has 0 aliphatic carbocycles. The van der Waals surface area contributed by atoms with E-state index in [1.165, 1.54) is 11.6 Å². The second-order valence-corrected chi connectivity index (χ2v) is 9.06. The van der Waals surface area contributed by atoms with Crippen molar-refractivity contribution in [2.75, 3.05) is 20.6 Å². The molecule has 33 heavy (non-hydrogen) atoms. The summed E-state index contributed by atoms with van der Waals surface area (Å²) in [4.78, 5) is 18.5. The molecular formula is C25H34Cl2N4O2. The van der Waals surface area contributed by atoms with Gasteiger partial charge >= 0.3 is 0 Å². The van der Waals surface area contributed by atoms with Crippen molar-refractivity contribution in [3.63, 3.8) is 0 Å². The third-order valence-electron chi connectivity index (χ3n) is 5.20. The zero-order valence-corrected chi connectivity index (χ0v) is 21.2. The summed E-state index contributed by atoms with van der Waals surface area (Å²) in [5.41, 5.74) is 5.86. The van der Waals surface area contributed by atoms with Gasteiger partial charge in [0.25, 0.3) is 5.91 Å². The Morgan fingerprint density at radius 1 is 1.12 bits per heavy atom. The second kappa shape index (κ2) is 12.8. The van der Waals surface area contributed by atoms with Crippen molar-refractivity contribution >= 4 is 47.8 Å². The Kier molecular flexibility index (Phi) is 11.1. The number of nitrogens with one attached hydrogen (secondary N) is 1. The van der Waals surface area contributed by atoms with E-state index in [0.717, 1.165) is 48.4 Å². The van der Waals surface area contributed by atoms with E-state index in [-0.39, 0.29) is 30.2 Å². The number of nitrogens with zero attached hydrogens (tertiary/aromatic N) is 3. The maximum atomic E-state index is 11.3. The Morgan fingerprint density at radius 3 is 2.45 bits per heavy atom. The molecule has 0 radical (unpaired) electrons. The van der Waals surface area contributed by atoms with Crippen LogP contribution in [0.3, 0.4) is 0 Å². The van der Waals surface area contributed by atoms with Crippen LogP contribution >= 0.6 is 24.8 Å². The quantitative estimate of drug-likeness (QED) is 0.256. The predicted octanol–water partition coefficient (Wildman–Crippen LogP) is 4.77. The molecule has 2 N–H and O–H groups in total. The lowest BCUT2D eigenvalue weighted by atomic mass is 9.92. The van der Waals surface area contributed by atoms with Crippen LogP contribution in [-0.2, 0) is 24.2 Å². The Balaban J connectivity index is 0.00000272. The highest BCUT2D eigenvalue weighted by Gasteiger charge is 2.23. The van der Waals surface area contributed by atoms with Crippen LogP contribution in [0.25, 0.3) is 17.1 Å². The first-order valence-corrected chi connectivity index (χ1v) is 10.6. The van der Waals surface area contributed by atoms with Gasteiger partial charge in [-0.1, -0.05) is 50.2 Å². The van der Waals surface area contributed by atoms with Crippen LogP contribution in [0.1, 0.15) is 30.8 Å². The van der Waals surface area contributed by atoms with Crippen molar-refractivity contribution in [1.29, 1.82) is 0 Å². The molecule has 6 nitrogen and oxygen atoms in total. The summed E-state index contributed by atoms with van der Waals surface area (Å²) in [6.07, 6.45) is 4.76. The summed E-state index contributed by atoms with van der Waals surface area (Å²) < 4.78 is 2.34. The first-order chi connectivity index (χ1) is 14.8. The SMILES string of the molecule is CN(C)CC(C)(C)Cn1c(CCc2ccccc2)nc2cc(/C=C/C(=O)NO)ccc21.Cl.Cl. The first-order valence-electron chi connectivity index (χ1n) is 10.6. The van der Waals surface area contributed by atoms with E-state index in [0.29, 0.717) is 0 Å². The molecule has 0 fully saturated rings. The van der Waals surface area contributed by atoms with Crippen LogP contribution in [0.5, 0.6) is 0 Å². The fourth-order valence-corrected chi connectivity index (χ4v) is 4.11. The highest BCUT2D eigenvalue weighted by molar-refractivity contribution is 5.91. The number of aromatic nitrogens is 2. The maximum Gasteiger partial charge on any atom is 0.267 e. The average Bonchev–Trinajstić information content (AvgIpc) is 3.06. The lowest BCUT2D eigenvalue weighted by molar-refractivity contribution is -0.124. The molecule has 3 rings (SSSR count). The molecule has 0 atom stereocenters. The lowest BCUT2D eigenvalue weighted by Gasteiger charge is -2.29. The van der Waals surface area contributed by atoms with Gasteiger partial charge in [-0.2, -0.15) is 0 Å². The number of hydrogen-bond acceptors (Lipinski definition) is 4. The van der Waals surface area contributed by atoms with Gasteiger partial charge in [-0.25, -0.2) is 10.5 Å². The number of carbonyl (C=O) groups excluding carboxylic acids is 1. The molecule has 1 heterocycles. The van der Waals surface area contributed by atoms with Crippen LogP contribution in [-0.4, -0.2) is 46.2 Å². The standard InChI is InChI=1S/C25H32N4O2.2ClH/c1-25(2,17-28(3)4)18-29-22-13-10-20(12-15-24(30)27-31)16-21(22)26-23(29)14-11-19-8-6-5-7-9-19;;/h5-10,12-13,15-16,31H,11,14,17-18H2,1-4H3,(H,27,30);2*1H/b15-12+;;. The Hall–Kier alpha value is -2.38. The van der Waals surface area contributed by atoms with Gasteiger partial charge in [-0.05, 0) is 55.3 Å². The van der Waals surface area contributed by atoms with Gasteiger partial charge in [-0.15, -0.1) is 24.8 Å². The van der Waals surface area contributed by atoms with Gasteiger partial charge in [0.15, 0.2) is 0 Å². The molecule has 0 aliphatic heterocycles. The molecule has 0 bridgehead atoms. The van der Waals surface area contributed by atoms with E-state index in [1.807, 2.05) is 18.2 Å². The maximum absolute atomic E-state index is 11.3. The van der Waals surface area contributed by atoms with E-state index in [4.69, 9.17) is 10.2 Å². The topological polar surface area (TPSA) is 70.4 Å². The molecule has 180 valence electrons. The number of hydrogen-bond donors (Lipinski definition) is 2. The highest BCUT2D eigenvalue weighted by atomic mass is 35.5. The number of halogens is 2. The minimum Gasteiger partial charge on any atom is -0.327 e. The molecule has 8 heteroatoms. The van der Waals surface area contributed by atoms with Crippen LogP contribution in [0.4, 0.5) is 0 Å². The van der Waals surface area contributed by atoms with Gasteiger partial charge < -0.3 is 9.47 Å². The first kappa shape index (κ1) is 28.7. The summed E-state index contributed by atoms with van der Waals surface area (Å²) in [5.74, 6) is 0.513. The smallest absolute Gasteiger partial charge is 0.267 e. The largest absolute Gasteiger partial charge is 0.327 e. The summed E-state index contributed by atoms with van der Waals surface area (Å²) >= 11 is 0. The molecule has 0 saturated heterocycles. The van der Waals surface area contributed by atoms with E-state index >= 15 is 0 Å². The fraction of sp³-hybridized carbons (Fsp3) is 0.360. The summed E-state index contributed by atoms with van der Waals surface area (Å²) in [5, 5.41) is 8.68. The van der Waals surface area contributed by atoms with E-state index in [1.54, 1.807) is 11.6 Å². The molecule has 1 amide bonds. The minimum absolute atomic E-state index is 0. The number of amides is 1. The molecule has 1 aromatic heterocycles. The number of hydroxylamine groups is 1. The Bertz CT molecular complexity index is 1060. The second-order valence-electron chi connectivity index (χ2n) is 9.06. The molecular weight excluding hydrogens is 459 g/mol. The third kappa shape index (κ3) is 8.16. The monoisotopic (exact) mass is 492 g/mol. The van der Waals surface area contributed by atoms with Crippen molar-refractivity contribution in [2.45, 2.75) is 33.2 Å². The summed E-state index contributed by atoms with van der Waals surface area (Å²) in [6, 6.07) is 16.5. The van der Waals surface area contributed by atoms with E-state index in [2.05, 4.69) is 67.7 Å². The van der Waals surface area contributed by atoms with E-state index in [9.17, 15) is 4.79 Å². The normalized spacial score (nSPS) is 11.5. The van der Waals surface area contributed by atoms with Gasteiger partial charge in [0, 0.05) is 25.6 Å². The lowest BCUT2D eigenvalue weighted by Crippen LogP contribution is -2.32. The van der Waals surface area contributed by atoms with Gasteiger partial charge in [0.05, 0.1) is 11.0 Å². The summed E-state index contributed by atoms with van der Waals surface area (Å²) in [6.45, 7) is 6.41. The van der Waals surface area contributed by atoms with Crippen molar-refractivity contribution in [3.05, 3.63) is 71.6 Å². The fourth-order valence-electron chi connectivity index (χ4n) is 4.11. The highest BCUT2D eigenvalue weighted by Crippen LogP contribution is 2.26. The Morgan fingerprint density at radius 2 is 1.82 bits per heavy atom. The van der Waals surface area contributed by atoms with E-state index < -0.39 is 5.91 Å². The van der Waals surface area contributed by atoms with Crippen LogP contribution in [0, 0.1) is 5.41 Å². The van der Waals surface area contributed by atoms with Crippen LogP contribution < -0.4 is 5.48 Å². The number of rotatable bonds is 9.